The third-order valence-electron chi connectivity index (χ3n) is 3.39. The van der Waals surface area contributed by atoms with E-state index >= 15 is 0 Å². The first-order valence-corrected chi connectivity index (χ1v) is 7.36. The van der Waals surface area contributed by atoms with Crippen LogP contribution < -0.4 is 0 Å². The van der Waals surface area contributed by atoms with Gasteiger partial charge in [0.15, 0.2) is 6.10 Å². The molecular formula is C17H11BrO4. The molecule has 0 aromatic heterocycles. The van der Waals surface area contributed by atoms with Crippen LogP contribution in [0.25, 0.3) is 5.76 Å². The number of ketones is 1. The lowest BCUT2D eigenvalue weighted by atomic mass is 9.97. The van der Waals surface area contributed by atoms with Crippen LogP contribution in [0.4, 0.5) is 0 Å². The summed E-state index contributed by atoms with van der Waals surface area (Å²) >= 11 is 3.32. The minimum absolute atomic E-state index is 0.0291. The second kappa shape index (κ2) is 5.77. The van der Waals surface area contributed by atoms with Crippen molar-refractivity contribution in [3.8, 4) is 0 Å². The van der Waals surface area contributed by atoms with Gasteiger partial charge in [-0.15, -0.1) is 0 Å². The highest BCUT2D eigenvalue weighted by molar-refractivity contribution is 9.10. The molecular weight excluding hydrogens is 348 g/mol. The molecule has 1 heterocycles. The molecule has 1 fully saturated rings. The van der Waals surface area contributed by atoms with E-state index in [1.54, 1.807) is 54.6 Å². The molecule has 0 radical (unpaired) electrons. The summed E-state index contributed by atoms with van der Waals surface area (Å²) in [5.41, 5.74) is 1.06. The van der Waals surface area contributed by atoms with E-state index in [1.807, 2.05) is 0 Å². The Bertz CT molecular complexity index is 763. The molecule has 0 bridgehead atoms. The van der Waals surface area contributed by atoms with E-state index in [4.69, 9.17) is 4.74 Å². The molecule has 4 nitrogen and oxygen atoms in total. The molecule has 0 amide bonds. The average molecular weight is 359 g/mol. The zero-order chi connectivity index (χ0) is 15.7. The van der Waals surface area contributed by atoms with Crippen LogP contribution in [-0.4, -0.2) is 16.9 Å². The summed E-state index contributed by atoms with van der Waals surface area (Å²) in [6.45, 7) is 0. The summed E-state index contributed by atoms with van der Waals surface area (Å²) < 4.78 is 6.00. The molecule has 110 valence electrons. The van der Waals surface area contributed by atoms with Crippen molar-refractivity contribution in [3.05, 3.63) is 75.8 Å². The molecule has 1 aliphatic heterocycles. The van der Waals surface area contributed by atoms with E-state index in [0.29, 0.717) is 11.1 Å². The smallest absolute Gasteiger partial charge is 0.380 e. The van der Waals surface area contributed by atoms with Gasteiger partial charge in [0.2, 0.25) is 0 Å². The zero-order valence-corrected chi connectivity index (χ0v) is 12.9. The van der Waals surface area contributed by atoms with Gasteiger partial charge >= 0.3 is 5.97 Å². The van der Waals surface area contributed by atoms with E-state index < -0.39 is 17.9 Å². The molecule has 1 saturated heterocycles. The first-order chi connectivity index (χ1) is 10.6. The molecule has 0 unspecified atom stereocenters. The Labute approximate surface area is 135 Å². The van der Waals surface area contributed by atoms with Crippen LogP contribution in [-0.2, 0) is 14.3 Å². The van der Waals surface area contributed by atoms with Crippen molar-refractivity contribution >= 4 is 33.4 Å². The van der Waals surface area contributed by atoms with Gasteiger partial charge in [0.1, 0.15) is 5.76 Å². The van der Waals surface area contributed by atoms with Crippen LogP contribution in [0.1, 0.15) is 17.2 Å². The quantitative estimate of drug-likeness (QED) is 0.385. The van der Waals surface area contributed by atoms with Gasteiger partial charge in [0, 0.05) is 10.0 Å². The normalized spacial score (nSPS) is 20.0. The standard InChI is InChI=1S/C17H11BrO4/c18-12-8-6-11(7-9-12)16-13(15(20)17(21)22-16)14(19)10-4-2-1-3-5-10/h1-9,16,19H/t16-/m0/s1. The number of carbonyl (C=O) groups excluding carboxylic acids is 2. The van der Waals surface area contributed by atoms with Crippen molar-refractivity contribution < 1.29 is 19.4 Å². The SMILES string of the molecule is O=C1O[C@@H](c2ccc(Br)cc2)C(=C(O)c2ccccc2)C1=O. The van der Waals surface area contributed by atoms with Gasteiger partial charge in [-0.25, -0.2) is 4.79 Å². The lowest BCUT2D eigenvalue weighted by molar-refractivity contribution is -0.149. The van der Waals surface area contributed by atoms with Crippen molar-refractivity contribution in [1.29, 1.82) is 0 Å². The fourth-order valence-corrected chi connectivity index (χ4v) is 2.57. The molecule has 2 aromatic carbocycles. The monoisotopic (exact) mass is 358 g/mol. The molecule has 22 heavy (non-hydrogen) atoms. The summed E-state index contributed by atoms with van der Waals surface area (Å²) in [6.07, 6.45) is -0.895. The van der Waals surface area contributed by atoms with E-state index in [9.17, 15) is 14.7 Å². The number of esters is 1. The van der Waals surface area contributed by atoms with Crippen molar-refractivity contribution in [1.82, 2.24) is 0 Å². The number of aliphatic hydroxyl groups is 1. The van der Waals surface area contributed by atoms with E-state index in [1.165, 1.54) is 0 Å². The van der Waals surface area contributed by atoms with Gasteiger partial charge in [0.05, 0.1) is 5.57 Å². The fourth-order valence-electron chi connectivity index (χ4n) is 2.30. The zero-order valence-electron chi connectivity index (χ0n) is 11.3. The Morgan fingerprint density at radius 3 is 2.27 bits per heavy atom. The average Bonchev–Trinajstić information content (AvgIpc) is 2.84. The third-order valence-corrected chi connectivity index (χ3v) is 3.92. The lowest BCUT2D eigenvalue weighted by Crippen LogP contribution is -2.08. The minimum Gasteiger partial charge on any atom is -0.507 e. The maximum Gasteiger partial charge on any atom is 0.380 e. The maximum absolute atomic E-state index is 12.1. The summed E-state index contributed by atoms with van der Waals surface area (Å²) in [4.78, 5) is 23.7. The summed E-state index contributed by atoms with van der Waals surface area (Å²) in [6, 6.07) is 15.6. The number of halogens is 1. The Morgan fingerprint density at radius 2 is 1.64 bits per heavy atom. The molecule has 1 atom stereocenters. The summed E-state index contributed by atoms with van der Waals surface area (Å²) in [5, 5.41) is 10.4. The number of aliphatic hydroxyl groups excluding tert-OH is 1. The predicted molar refractivity (Wildman–Crippen MR) is 84.0 cm³/mol. The van der Waals surface area contributed by atoms with Crippen LogP contribution in [0.3, 0.4) is 0 Å². The number of benzene rings is 2. The molecule has 0 aliphatic carbocycles. The summed E-state index contributed by atoms with van der Waals surface area (Å²) in [7, 11) is 0. The fraction of sp³-hybridized carbons (Fsp3) is 0.0588. The van der Waals surface area contributed by atoms with Crippen LogP contribution in [0.5, 0.6) is 0 Å². The molecule has 2 aromatic rings. The number of hydrogen-bond acceptors (Lipinski definition) is 4. The van der Waals surface area contributed by atoms with Crippen molar-refractivity contribution in [3.63, 3.8) is 0 Å². The van der Waals surface area contributed by atoms with Crippen LogP contribution in [0, 0.1) is 0 Å². The molecule has 0 spiro atoms. The number of ether oxygens (including phenoxy) is 1. The molecule has 1 N–H and O–H groups in total. The van der Waals surface area contributed by atoms with Gasteiger partial charge in [-0.1, -0.05) is 58.4 Å². The Balaban J connectivity index is 2.11. The molecule has 5 heteroatoms. The molecule has 3 rings (SSSR count). The van der Waals surface area contributed by atoms with Crippen LogP contribution in [0.15, 0.2) is 64.6 Å². The Morgan fingerprint density at radius 1 is 1.00 bits per heavy atom. The Kier molecular flexibility index (Phi) is 3.81. The van der Waals surface area contributed by atoms with Gasteiger partial charge < -0.3 is 9.84 Å². The van der Waals surface area contributed by atoms with Crippen molar-refractivity contribution in [2.45, 2.75) is 6.10 Å². The topological polar surface area (TPSA) is 63.6 Å². The highest BCUT2D eigenvalue weighted by Gasteiger charge is 2.42. The molecule has 0 saturated carbocycles. The minimum atomic E-state index is -0.953. The largest absolute Gasteiger partial charge is 0.507 e. The Hall–Kier alpha value is -2.40. The van der Waals surface area contributed by atoms with E-state index in [0.717, 1.165) is 4.47 Å². The number of hydrogen-bond donors (Lipinski definition) is 1. The van der Waals surface area contributed by atoms with Gasteiger partial charge in [-0.05, 0) is 17.7 Å². The second-order valence-corrected chi connectivity index (χ2v) is 5.71. The second-order valence-electron chi connectivity index (χ2n) is 4.79. The van der Waals surface area contributed by atoms with Crippen LogP contribution >= 0.6 is 15.9 Å². The molecule has 1 aliphatic rings. The number of Topliss-reactive ketones (excluding diaryl/α,β-unsaturated/α-hetero) is 1. The van der Waals surface area contributed by atoms with Crippen LogP contribution in [0.2, 0.25) is 0 Å². The first-order valence-electron chi connectivity index (χ1n) is 6.57. The highest BCUT2D eigenvalue weighted by atomic mass is 79.9. The number of rotatable bonds is 2. The van der Waals surface area contributed by atoms with E-state index in [2.05, 4.69) is 15.9 Å². The summed E-state index contributed by atoms with van der Waals surface area (Å²) in [5.74, 6) is -2.00. The number of cyclic esters (lactones) is 1. The first kappa shape index (κ1) is 14.5. The van der Waals surface area contributed by atoms with E-state index in [-0.39, 0.29) is 11.3 Å². The maximum atomic E-state index is 12.1. The van der Waals surface area contributed by atoms with Gasteiger partial charge in [0.25, 0.3) is 5.78 Å². The van der Waals surface area contributed by atoms with Crippen molar-refractivity contribution in [2.24, 2.45) is 0 Å². The lowest BCUT2D eigenvalue weighted by Gasteiger charge is -2.12. The predicted octanol–water partition coefficient (Wildman–Crippen LogP) is 3.59. The highest BCUT2D eigenvalue weighted by Crippen LogP contribution is 2.37. The van der Waals surface area contributed by atoms with Gasteiger partial charge in [-0.3, -0.25) is 4.79 Å². The van der Waals surface area contributed by atoms with Gasteiger partial charge in [-0.2, -0.15) is 0 Å². The third kappa shape index (κ3) is 2.55. The van der Waals surface area contributed by atoms with Crippen molar-refractivity contribution in [2.75, 3.05) is 0 Å². The number of carbonyl (C=O) groups is 2.